The van der Waals surface area contributed by atoms with Gasteiger partial charge in [-0.1, -0.05) is 43.2 Å². The highest BCUT2D eigenvalue weighted by Crippen LogP contribution is 2.21. The lowest BCUT2D eigenvalue weighted by Gasteiger charge is -2.24. The number of amides is 3. The largest absolute Gasteiger partial charge is 0.325 e. The number of halogens is 1. The van der Waals surface area contributed by atoms with E-state index < -0.39 is 5.54 Å². The van der Waals surface area contributed by atoms with Crippen molar-refractivity contribution in [3.8, 4) is 0 Å². The van der Waals surface area contributed by atoms with Crippen LogP contribution in [0.15, 0.2) is 54.6 Å². The lowest BCUT2D eigenvalue weighted by atomic mass is 9.92. The van der Waals surface area contributed by atoms with Crippen molar-refractivity contribution in [1.29, 1.82) is 0 Å². The fourth-order valence-electron chi connectivity index (χ4n) is 3.29. The van der Waals surface area contributed by atoms with Gasteiger partial charge < -0.3 is 21.3 Å². The first-order valence-corrected chi connectivity index (χ1v) is 9.79. The minimum atomic E-state index is -1.14. The summed E-state index contributed by atoms with van der Waals surface area (Å²) in [7, 11) is 0. The molecule has 29 heavy (non-hydrogen) atoms. The number of likely N-dealkylation sites (tertiary alicyclic amines) is 1. The molecule has 2 aromatic rings. The molecule has 1 aliphatic rings. The first-order chi connectivity index (χ1) is 13.5. The molecular weight excluding hydrogens is 388 g/mol. The fourth-order valence-corrected chi connectivity index (χ4v) is 3.29. The maximum atomic E-state index is 12.6. The van der Waals surface area contributed by atoms with Gasteiger partial charge in [-0.3, -0.25) is 4.79 Å². The summed E-state index contributed by atoms with van der Waals surface area (Å²) in [6.45, 7) is 3.29. The van der Waals surface area contributed by atoms with Crippen LogP contribution < -0.4 is 16.4 Å². The monoisotopic (exact) mass is 416 g/mol. The Labute approximate surface area is 178 Å². The third kappa shape index (κ3) is 5.95. The van der Waals surface area contributed by atoms with E-state index in [0.717, 1.165) is 31.5 Å². The summed E-state index contributed by atoms with van der Waals surface area (Å²) in [5, 5.41) is 5.77. The van der Waals surface area contributed by atoms with Crippen molar-refractivity contribution in [3.05, 3.63) is 60.2 Å². The van der Waals surface area contributed by atoms with E-state index in [1.807, 2.05) is 35.2 Å². The Hall–Kier alpha value is -2.57. The second-order valence-corrected chi connectivity index (χ2v) is 7.43. The molecular formula is C22H29ClN4O2. The number of benzene rings is 2. The minimum Gasteiger partial charge on any atom is -0.325 e. The smallest absolute Gasteiger partial charge is 0.321 e. The van der Waals surface area contributed by atoms with Gasteiger partial charge >= 0.3 is 6.03 Å². The summed E-state index contributed by atoms with van der Waals surface area (Å²) in [4.78, 5) is 26.9. The Bertz CT molecular complexity index is 801. The number of nitrogens with zero attached hydrogens (tertiary/aromatic N) is 1. The standard InChI is InChI=1S/C22H28N4O2.ClH/c1-22(23,17-9-5-4-6-10-17)20(27)24-18-11-13-19(14-12-18)25-21(28)26-15-7-2-3-8-16-26;/h4-6,9-14H,2-3,7-8,15-16,23H2,1H3,(H,24,27)(H,25,28);1H. The number of carbonyl (C=O) groups excluding carboxylic acids is 2. The van der Waals surface area contributed by atoms with E-state index in [0.29, 0.717) is 11.4 Å². The molecule has 2 aromatic carbocycles. The molecule has 1 atom stereocenters. The molecule has 156 valence electrons. The highest BCUT2D eigenvalue weighted by atomic mass is 35.5. The molecule has 1 saturated heterocycles. The maximum Gasteiger partial charge on any atom is 0.321 e. The summed E-state index contributed by atoms with van der Waals surface area (Å²) in [6, 6.07) is 16.3. The second-order valence-electron chi connectivity index (χ2n) is 7.43. The van der Waals surface area contributed by atoms with Crippen molar-refractivity contribution in [3.63, 3.8) is 0 Å². The topological polar surface area (TPSA) is 87.5 Å². The molecule has 0 spiro atoms. The van der Waals surface area contributed by atoms with E-state index in [1.165, 1.54) is 12.8 Å². The third-order valence-electron chi connectivity index (χ3n) is 5.13. The van der Waals surface area contributed by atoms with Crippen molar-refractivity contribution >= 4 is 35.7 Å². The molecule has 4 N–H and O–H groups in total. The van der Waals surface area contributed by atoms with Gasteiger partial charge in [-0.2, -0.15) is 0 Å². The van der Waals surface area contributed by atoms with Crippen LogP contribution in [0.5, 0.6) is 0 Å². The van der Waals surface area contributed by atoms with Crippen LogP contribution in [0.4, 0.5) is 16.2 Å². The lowest BCUT2D eigenvalue weighted by molar-refractivity contribution is -0.120. The number of nitrogens with one attached hydrogen (secondary N) is 2. The minimum absolute atomic E-state index is 0. The second kappa shape index (κ2) is 10.3. The number of anilines is 2. The molecule has 0 radical (unpaired) electrons. The molecule has 1 unspecified atom stereocenters. The molecule has 6 nitrogen and oxygen atoms in total. The Morgan fingerprint density at radius 1 is 0.862 bits per heavy atom. The highest BCUT2D eigenvalue weighted by Gasteiger charge is 2.30. The van der Waals surface area contributed by atoms with Crippen LogP contribution in [0.25, 0.3) is 0 Å². The average Bonchev–Trinajstić information content (AvgIpc) is 3.00. The fraction of sp³-hybridized carbons (Fsp3) is 0.364. The van der Waals surface area contributed by atoms with Gasteiger partial charge in [0.15, 0.2) is 0 Å². The van der Waals surface area contributed by atoms with E-state index in [-0.39, 0.29) is 24.3 Å². The SMILES string of the molecule is CC(N)(C(=O)Nc1ccc(NC(=O)N2CCCCCC2)cc1)c1ccccc1.Cl. The number of nitrogens with two attached hydrogens (primary N) is 1. The maximum absolute atomic E-state index is 12.6. The zero-order valence-corrected chi connectivity index (χ0v) is 17.5. The van der Waals surface area contributed by atoms with E-state index in [9.17, 15) is 9.59 Å². The summed E-state index contributed by atoms with van der Waals surface area (Å²) in [5.41, 5.74) is 7.18. The van der Waals surface area contributed by atoms with Gasteiger partial charge in [0, 0.05) is 24.5 Å². The van der Waals surface area contributed by atoms with Gasteiger partial charge in [-0.15, -0.1) is 12.4 Å². The van der Waals surface area contributed by atoms with Gasteiger partial charge in [-0.25, -0.2) is 4.79 Å². The van der Waals surface area contributed by atoms with Crippen LogP contribution in [0, 0.1) is 0 Å². The number of urea groups is 1. The van der Waals surface area contributed by atoms with Crippen LogP contribution in [-0.4, -0.2) is 29.9 Å². The number of hydrogen-bond acceptors (Lipinski definition) is 3. The quantitative estimate of drug-likeness (QED) is 0.693. The average molecular weight is 417 g/mol. The number of rotatable bonds is 4. The molecule has 0 aliphatic carbocycles. The van der Waals surface area contributed by atoms with Gasteiger partial charge in [0.25, 0.3) is 0 Å². The molecule has 1 heterocycles. The predicted molar refractivity (Wildman–Crippen MR) is 119 cm³/mol. The summed E-state index contributed by atoms with van der Waals surface area (Å²) < 4.78 is 0. The Morgan fingerprint density at radius 2 is 1.38 bits per heavy atom. The third-order valence-corrected chi connectivity index (χ3v) is 5.13. The lowest BCUT2D eigenvalue weighted by Crippen LogP contribution is -2.45. The predicted octanol–water partition coefficient (Wildman–Crippen LogP) is 4.33. The van der Waals surface area contributed by atoms with Crippen LogP contribution in [0.3, 0.4) is 0 Å². The Balaban J connectivity index is 0.00000300. The van der Waals surface area contributed by atoms with Crippen LogP contribution in [0.1, 0.15) is 38.2 Å². The van der Waals surface area contributed by atoms with Crippen molar-refractivity contribution < 1.29 is 9.59 Å². The first kappa shape index (κ1) is 22.7. The number of carbonyl (C=O) groups is 2. The molecule has 3 amide bonds. The van der Waals surface area contributed by atoms with Crippen molar-refractivity contribution in [1.82, 2.24) is 4.90 Å². The molecule has 0 saturated carbocycles. The van der Waals surface area contributed by atoms with Gasteiger partial charge in [0.1, 0.15) is 5.54 Å². The molecule has 3 rings (SSSR count). The molecule has 1 aliphatic heterocycles. The van der Waals surface area contributed by atoms with Crippen LogP contribution in [-0.2, 0) is 10.3 Å². The summed E-state index contributed by atoms with van der Waals surface area (Å²) >= 11 is 0. The van der Waals surface area contributed by atoms with Gasteiger partial charge in [0.05, 0.1) is 0 Å². The van der Waals surface area contributed by atoms with Crippen LogP contribution in [0.2, 0.25) is 0 Å². The Morgan fingerprint density at radius 3 is 1.93 bits per heavy atom. The first-order valence-electron chi connectivity index (χ1n) is 9.79. The van der Waals surface area contributed by atoms with E-state index in [1.54, 1.807) is 31.2 Å². The zero-order valence-electron chi connectivity index (χ0n) is 16.7. The van der Waals surface area contributed by atoms with E-state index in [4.69, 9.17) is 5.73 Å². The van der Waals surface area contributed by atoms with E-state index >= 15 is 0 Å². The molecule has 7 heteroatoms. The van der Waals surface area contributed by atoms with Crippen molar-refractivity contribution in [2.75, 3.05) is 23.7 Å². The van der Waals surface area contributed by atoms with Crippen molar-refractivity contribution in [2.24, 2.45) is 5.73 Å². The molecule has 0 bridgehead atoms. The molecule has 0 aromatic heterocycles. The van der Waals surface area contributed by atoms with Gasteiger partial charge in [0.2, 0.25) is 5.91 Å². The van der Waals surface area contributed by atoms with E-state index in [2.05, 4.69) is 10.6 Å². The number of hydrogen-bond donors (Lipinski definition) is 3. The van der Waals surface area contributed by atoms with Gasteiger partial charge in [-0.05, 0) is 49.6 Å². The normalized spacial score (nSPS) is 16.0. The highest BCUT2D eigenvalue weighted by molar-refractivity contribution is 5.98. The summed E-state index contributed by atoms with van der Waals surface area (Å²) in [6.07, 6.45) is 4.47. The van der Waals surface area contributed by atoms with Crippen molar-refractivity contribution in [2.45, 2.75) is 38.1 Å². The molecule has 1 fully saturated rings. The van der Waals surface area contributed by atoms with Crippen LogP contribution >= 0.6 is 12.4 Å². The Kier molecular flexibility index (Phi) is 8.05. The zero-order chi connectivity index (χ0) is 20.0. The summed E-state index contributed by atoms with van der Waals surface area (Å²) in [5.74, 6) is -0.292.